The number of hydrogen-bond donors (Lipinski definition) is 2. The van der Waals surface area contributed by atoms with E-state index in [-0.39, 0.29) is 12.5 Å². The smallest absolute Gasteiger partial charge is 0.238 e. The zero-order valence-corrected chi connectivity index (χ0v) is 15.3. The van der Waals surface area contributed by atoms with Gasteiger partial charge in [0.2, 0.25) is 5.91 Å². The number of benzene rings is 2. The summed E-state index contributed by atoms with van der Waals surface area (Å²) in [5.41, 5.74) is 3.19. The van der Waals surface area contributed by atoms with Gasteiger partial charge in [0, 0.05) is 31.0 Å². The molecule has 5 heteroatoms. The lowest BCUT2D eigenvalue weighted by Gasteiger charge is -2.28. The molecule has 1 amide bonds. The summed E-state index contributed by atoms with van der Waals surface area (Å²) in [6, 6.07) is 15.9. The second-order valence-electron chi connectivity index (χ2n) is 6.59. The van der Waals surface area contributed by atoms with Gasteiger partial charge in [-0.2, -0.15) is 0 Å². The molecule has 0 spiro atoms. The van der Waals surface area contributed by atoms with Crippen LogP contribution in [0.3, 0.4) is 0 Å². The number of nitrogens with zero attached hydrogens (tertiary/aromatic N) is 1. The molecular weight excluding hydrogens is 326 g/mol. The van der Waals surface area contributed by atoms with Crippen molar-refractivity contribution in [3.05, 3.63) is 54.1 Å². The monoisotopic (exact) mass is 353 g/mol. The van der Waals surface area contributed by atoms with Crippen LogP contribution >= 0.6 is 0 Å². The van der Waals surface area contributed by atoms with Crippen LogP contribution in [0.4, 0.5) is 11.4 Å². The highest BCUT2D eigenvalue weighted by atomic mass is 16.5. The van der Waals surface area contributed by atoms with Crippen molar-refractivity contribution in [2.75, 3.05) is 37.0 Å². The summed E-state index contributed by atoms with van der Waals surface area (Å²) in [6.45, 7) is 3.17. The van der Waals surface area contributed by atoms with Gasteiger partial charge < -0.3 is 20.3 Å². The Bertz CT molecular complexity index is 692. The standard InChI is InChI=1S/C21H27N3O2/c1-26-20-11-5-17(6-12-20)15-22-16-21(25)23-18-7-9-19(10-8-18)24-13-3-2-4-14-24/h5-12,22H,2-4,13-16H2,1H3,(H,23,25). The molecule has 138 valence electrons. The Morgan fingerprint density at radius 1 is 1.00 bits per heavy atom. The molecule has 0 saturated carbocycles. The van der Waals surface area contributed by atoms with Gasteiger partial charge in [0.15, 0.2) is 0 Å². The minimum Gasteiger partial charge on any atom is -0.497 e. The quantitative estimate of drug-likeness (QED) is 0.801. The first-order valence-electron chi connectivity index (χ1n) is 9.23. The van der Waals surface area contributed by atoms with Crippen molar-refractivity contribution >= 4 is 17.3 Å². The highest BCUT2D eigenvalue weighted by Gasteiger charge is 2.10. The zero-order valence-electron chi connectivity index (χ0n) is 15.3. The predicted molar refractivity (Wildman–Crippen MR) is 106 cm³/mol. The fourth-order valence-electron chi connectivity index (χ4n) is 3.18. The molecule has 1 fully saturated rings. The number of ether oxygens (including phenoxy) is 1. The molecule has 0 radical (unpaired) electrons. The first kappa shape index (κ1) is 18.3. The molecule has 0 aliphatic carbocycles. The second kappa shape index (κ2) is 9.25. The summed E-state index contributed by atoms with van der Waals surface area (Å²) < 4.78 is 5.14. The van der Waals surface area contributed by atoms with Crippen molar-refractivity contribution in [1.29, 1.82) is 0 Å². The van der Waals surface area contributed by atoms with Gasteiger partial charge in [-0.05, 0) is 61.2 Å². The summed E-state index contributed by atoms with van der Waals surface area (Å²) in [7, 11) is 1.65. The van der Waals surface area contributed by atoms with Crippen molar-refractivity contribution in [1.82, 2.24) is 5.32 Å². The number of piperidine rings is 1. The van der Waals surface area contributed by atoms with Gasteiger partial charge in [-0.25, -0.2) is 0 Å². The van der Waals surface area contributed by atoms with Gasteiger partial charge in [-0.15, -0.1) is 0 Å². The fourth-order valence-corrected chi connectivity index (χ4v) is 3.18. The summed E-state index contributed by atoms with van der Waals surface area (Å²) in [4.78, 5) is 14.5. The van der Waals surface area contributed by atoms with E-state index in [2.05, 4.69) is 27.7 Å². The van der Waals surface area contributed by atoms with E-state index in [9.17, 15) is 4.79 Å². The van der Waals surface area contributed by atoms with Gasteiger partial charge in [-0.3, -0.25) is 4.79 Å². The van der Waals surface area contributed by atoms with Crippen LogP contribution in [0.2, 0.25) is 0 Å². The van der Waals surface area contributed by atoms with Crippen LogP contribution in [-0.2, 0) is 11.3 Å². The number of amides is 1. The van der Waals surface area contributed by atoms with Crippen LogP contribution in [0, 0.1) is 0 Å². The third-order valence-electron chi connectivity index (χ3n) is 4.65. The second-order valence-corrected chi connectivity index (χ2v) is 6.59. The van der Waals surface area contributed by atoms with Crippen LogP contribution in [-0.4, -0.2) is 32.7 Å². The molecule has 2 N–H and O–H groups in total. The Balaban J connectivity index is 1.42. The van der Waals surface area contributed by atoms with Gasteiger partial charge in [0.1, 0.15) is 5.75 Å². The van der Waals surface area contributed by atoms with Crippen LogP contribution in [0.15, 0.2) is 48.5 Å². The van der Waals surface area contributed by atoms with E-state index < -0.39 is 0 Å². The van der Waals surface area contributed by atoms with E-state index in [0.29, 0.717) is 6.54 Å². The summed E-state index contributed by atoms with van der Waals surface area (Å²) in [5.74, 6) is 0.795. The minimum atomic E-state index is -0.0377. The van der Waals surface area contributed by atoms with Gasteiger partial charge in [-0.1, -0.05) is 12.1 Å². The van der Waals surface area contributed by atoms with Crippen molar-refractivity contribution < 1.29 is 9.53 Å². The van der Waals surface area contributed by atoms with Crippen LogP contribution in [0.1, 0.15) is 24.8 Å². The maximum Gasteiger partial charge on any atom is 0.238 e. The summed E-state index contributed by atoms with van der Waals surface area (Å²) in [6.07, 6.45) is 3.85. The van der Waals surface area contributed by atoms with Crippen LogP contribution in [0.5, 0.6) is 5.75 Å². The molecule has 0 bridgehead atoms. The van der Waals surface area contributed by atoms with Crippen molar-refractivity contribution in [3.63, 3.8) is 0 Å². The molecule has 2 aromatic carbocycles. The Hall–Kier alpha value is -2.53. The first-order valence-corrected chi connectivity index (χ1v) is 9.23. The molecule has 1 saturated heterocycles. The number of hydrogen-bond acceptors (Lipinski definition) is 4. The summed E-state index contributed by atoms with van der Waals surface area (Å²) in [5, 5.41) is 6.10. The number of nitrogens with one attached hydrogen (secondary N) is 2. The van der Waals surface area contributed by atoms with Crippen LogP contribution in [0.25, 0.3) is 0 Å². The Kier molecular flexibility index (Phi) is 6.50. The average Bonchev–Trinajstić information content (AvgIpc) is 2.70. The van der Waals surface area contributed by atoms with E-state index in [1.165, 1.54) is 24.9 Å². The molecule has 5 nitrogen and oxygen atoms in total. The molecule has 1 aliphatic rings. The number of anilines is 2. The first-order chi connectivity index (χ1) is 12.7. The normalized spacial score (nSPS) is 14.1. The Morgan fingerprint density at radius 3 is 2.35 bits per heavy atom. The molecule has 1 heterocycles. The van der Waals surface area contributed by atoms with Gasteiger partial charge in [0.05, 0.1) is 13.7 Å². The number of methoxy groups -OCH3 is 1. The largest absolute Gasteiger partial charge is 0.497 e. The minimum absolute atomic E-state index is 0.0377. The number of carbonyl (C=O) groups is 1. The Morgan fingerprint density at radius 2 is 1.69 bits per heavy atom. The van der Waals surface area contributed by atoms with E-state index in [0.717, 1.165) is 30.1 Å². The third-order valence-corrected chi connectivity index (χ3v) is 4.65. The molecule has 1 aliphatic heterocycles. The van der Waals surface area contributed by atoms with E-state index in [4.69, 9.17) is 4.74 Å². The lowest BCUT2D eigenvalue weighted by molar-refractivity contribution is -0.115. The molecule has 2 aromatic rings. The van der Waals surface area contributed by atoms with Crippen molar-refractivity contribution in [3.8, 4) is 5.75 Å². The highest BCUT2D eigenvalue weighted by Crippen LogP contribution is 2.21. The third kappa shape index (κ3) is 5.23. The topological polar surface area (TPSA) is 53.6 Å². The summed E-state index contributed by atoms with van der Waals surface area (Å²) >= 11 is 0. The molecule has 26 heavy (non-hydrogen) atoms. The molecule has 0 atom stereocenters. The van der Waals surface area contributed by atoms with Crippen molar-refractivity contribution in [2.24, 2.45) is 0 Å². The van der Waals surface area contributed by atoms with Gasteiger partial charge in [0.25, 0.3) is 0 Å². The lowest BCUT2D eigenvalue weighted by atomic mass is 10.1. The van der Waals surface area contributed by atoms with E-state index >= 15 is 0 Å². The van der Waals surface area contributed by atoms with Gasteiger partial charge >= 0.3 is 0 Å². The average molecular weight is 353 g/mol. The number of carbonyl (C=O) groups excluding carboxylic acids is 1. The number of rotatable bonds is 7. The SMILES string of the molecule is COc1ccc(CNCC(=O)Nc2ccc(N3CCCCC3)cc2)cc1. The molecule has 0 unspecified atom stereocenters. The zero-order chi connectivity index (χ0) is 18.2. The maximum absolute atomic E-state index is 12.1. The predicted octanol–water partition coefficient (Wildman–Crippen LogP) is 3.41. The lowest BCUT2D eigenvalue weighted by Crippen LogP contribution is -2.29. The highest BCUT2D eigenvalue weighted by molar-refractivity contribution is 5.92. The molecular formula is C21H27N3O2. The molecule has 0 aromatic heterocycles. The van der Waals surface area contributed by atoms with E-state index in [1.807, 2.05) is 36.4 Å². The Labute approximate surface area is 155 Å². The van der Waals surface area contributed by atoms with E-state index in [1.54, 1.807) is 7.11 Å². The van der Waals surface area contributed by atoms with Crippen LogP contribution < -0.4 is 20.3 Å². The molecule has 3 rings (SSSR count). The fraction of sp³-hybridized carbons (Fsp3) is 0.381. The van der Waals surface area contributed by atoms with Crippen molar-refractivity contribution in [2.45, 2.75) is 25.8 Å². The maximum atomic E-state index is 12.1.